The lowest BCUT2D eigenvalue weighted by atomic mass is 9.89. The number of aliphatic hydroxyl groups is 1. The Bertz CT molecular complexity index is 202. The Morgan fingerprint density at radius 2 is 1.75 bits per heavy atom. The van der Waals surface area contributed by atoms with Gasteiger partial charge in [0, 0.05) is 19.2 Å². The average Bonchev–Trinajstić information content (AvgIpc) is 2.32. The van der Waals surface area contributed by atoms with E-state index in [1.807, 2.05) is 7.11 Å². The largest absolute Gasteiger partial charge is 0.393 e. The van der Waals surface area contributed by atoms with E-state index in [1.165, 1.54) is 19.3 Å². The van der Waals surface area contributed by atoms with Crippen molar-refractivity contribution in [1.29, 1.82) is 0 Å². The third kappa shape index (κ3) is 3.44. The third-order valence-electron chi connectivity index (χ3n) is 4.13. The van der Waals surface area contributed by atoms with Gasteiger partial charge in [-0.1, -0.05) is 0 Å². The van der Waals surface area contributed by atoms with Gasteiger partial charge in [0.05, 0.1) is 12.2 Å². The van der Waals surface area contributed by atoms with Crippen LogP contribution in [-0.2, 0) is 4.74 Å². The van der Waals surface area contributed by atoms with Crippen LogP contribution in [0.4, 0.5) is 0 Å². The summed E-state index contributed by atoms with van der Waals surface area (Å²) in [6.07, 6.45) is 9.58. The van der Waals surface area contributed by atoms with E-state index in [9.17, 15) is 5.11 Å². The first kappa shape index (κ1) is 12.3. The standard InChI is InChI=1S/C13H25NO2/c1-16-13-4-2-3-11(9-13)14-10-5-7-12(15)8-6-10/h10-15H,2-9H2,1H3. The van der Waals surface area contributed by atoms with Crippen molar-refractivity contribution in [2.45, 2.75) is 75.7 Å². The molecular weight excluding hydrogens is 202 g/mol. The Morgan fingerprint density at radius 1 is 1.00 bits per heavy atom. The van der Waals surface area contributed by atoms with E-state index in [0.29, 0.717) is 18.2 Å². The van der Waals surface area contributed by atoms with Gasteiger partial charge in [0.25, 0.3) is 0 Å². The van der Waals surface area contributed by atoms with Gasteiger partial charge in [0.1, 0.15) is 0 Å². The van der Waals surface area contributed by atoms with Crippen molar-refractivity contribution in [3.63, 3.8) is 0 Å². The van der Waals surface area contributed by atoms with Crippen molar-refractivity contribution in [3.05, 3.63) is 0 Å². The maximum Gasteiger partial charge on any atom is 0.0586 e. The molecule has 0 spiro atoms. The van der Waals surface area contributed by atoms with Crippen LogP contribution in [0.15, 0.2) is 0 Å². The fourth-order valence-electron chi connectivity index (χ4n) is 3.09. The van der Waals surface area contributed by atoms with Crippen LogP contribution in [0.5, 0.6) is 0 Å². The van der Waals surface area contributed by atoms with Gasteiger partial charge in [-0.15, -0.1) is 0 Å². The molecule has 0 amide bonds. The van der Waals surface area contributed by atoms with Gasteiger partial charge in [-0.2, -0.15) is 0 Å². The van der Waals surface area contributed by atoms with Crippen LogP contribution in [0, 0.1) is 0 Å². The van der Waals surface area contributed by atoms with Crippen molar-refractivity contribution >= 4 is 0 Å². The summed E-state index contributed by atoms with van der Waals surface area (Å²) >= 11 is 0. The van der Waals surface area contributed by atoms with Crippen LogP contribution >= 0.6 is 0 Å². The van der Waals surface area contributed by atoms with Crippen LogP contribution < -0.4 is 5.32 Å². The van der Waals surface area contributed by atoms with Gasteiger partial charge in [0.2, 0.25) is 0 Å². The molecule has 94 valence electrons. The Labute approximate surface area is 98.6 Å². The minimum atomic E-state index is -0.0453. The number of rotatable bonds is 3. The fraction of sp³-hybridized carbons (Fsp3) is 1.00. The highest BCUT2D eigenvalue weighted by Crippen LogP contribution is 2.24. The van der Waals surface area contributed by atoms with E-state index in [0.717, 1.165) is 32.1 Å². The molecule has 2 N–H and O–H groups in total. The van der Waals surface area contributed by atoms with Gasteiger partial charge in [-0.3, -0.25) is 0 Å². The molecule has 3 nitrogen and oxygen atoms in total. The average molecular weight is 227 g/mol. The molecule has 0 heterocycles. The molecule has 2 rings (SSSR count). The number of nitrogens with one attached hydrogen (secondary N) is 1. The second-order valence-electron chi connectivity index (χ2n) is 5.39. The zero-order valence-corrected chi connectivity index (χ0v) is 10.3. The summed E-state index contributed by atoms with van der Waals surface area (Å²) in [5.74, 6) is 0. The molecule has 0 aromatic carbocycles. The summed E-state index contributed by atoms with van der Waals surface area (Å²) in [6.45, 7) is 0. The van der Waals surface area contributed by atoms with Crippen LogP contribution in [0.25, 0.3) is 0 Å². The van der Waals surface area contributed by atoms with Crippen molar-refractivity contribution in [2.24, 2.45) is 0 Å². The second-order valence-corrected chi connectivity index (χ2v) is 5.39. The number of methoxy groups -OCH3 is 1. The van der Waals surface area contributed by atoms with Gasteiger partial charge in [0.15, 0.2) is 0 Å². The quantitative estimate of drug-likeness (QED) is 0.773. The first-order valence-corrected chi connectivity index (χ1v) is 6.75. The Kier molecular flexibility index (Phi) is 4.62. The molecule has 0 saturated heterocycles. The predicted molar refractivity (Wildman–Crippen MR) is 64.5 cm³/mol. The lowest BCUT2D eigenvalue weighted by Crippen LogP contribution is -2.44. The Balaban J connectivity index is 1.72. The maximum atomic E-state index is 9.47. The van der Waals surface area contributed by atoms with Gasteiger partial charge >= 0.3 is 0 Å². The molecular formula is C13H25NO2. The third-order valence-corrected chi connectivity index (χ3v) is 4.13. The summed E-state index contributed by atoms with van der Waals surface area (Å²) in [5, 5.41) is 13.2. The van der Waals surface area contributed by atoms with Crippen LogP contribution in [0.1, 0.15) is 51.4 Å². The highest BCUT2D eigenvalue weighted by Gasteiger charge is 2.26. The van der Waals surface area contributed by atoms with Gasteiger partial charge in [-0.05, 0) is 51.4 Å². The second kappa shape index (κ2) is 5.99. The molecule has 2 aliphatic rings. The molecule has 2 unspecified atom stereocenters. The van der Waals surface area contributed by atoms with Crippen molar-refractivity contribution < 1.29 is 9.84 Å². The molecule has 2 atom stereocenters. The minimum absolute atomic E-state index is 0.0453. The number of hydrogen-bond acceptors (Lipinski definition) is 3. The highest BCUT2D eigenvalue weighted by atomic mass is 16.5. The molecule has 2 aliphatic carbocycles. The van der Waals surface area contributed by atoms with E-state index in [1.54, 1.807) is 0 Å². The molecule has 0 radical (unpaired) electrons. The summed E-state index contributed by atoms with van der Waals surface area (Å²) in [4.78, 5) is 0. The number of hydrogen-bond donors (Lipinski definition) is 2. The zero-order valence-electron chi connectivity index (χ0n) is 10.3. The fourth-order valence-corrected chi connectivity index (χ4v) is 3.09. The molecule has 0 bridgehead atoms. The van der Waals surface area contributed by atoms with E-state index >= 15 is 0 Å². The molecule has 0 aliphatic heterocycles. The lowest BCUT2D eigenvalue weighted by molar-refractivity contribution is 0.0526. The maximum absolute atomic E-state index is 9.47. The van der Waals surface area contributed by atoms with Crippen molar-refractivity contribution in [1.82, 2.24) is 5.32 Å². The molecule has 2 saturated carbocycles. The van der Waals surface area contributed by atoms with Crippen LogP contribution in [0.3, 0.4) is 0 Å². The van der Waals surface area contributed by atoms with E-state index in [-0.39, 0.29) is 6.10 Å². The topological polar surface area (TPSA) is 41.5 Å². The van der Waals surface area contributed by atoms with Crippen LogP contribution in [0.2, 0.25) is 0 Å². The molecule has 3 heteroatoms. The monoisotopic (exact) mass is 227 g/mol. The summed E-state index contributed by atoms with van der Waals surface area (Å²) in [5.41, 5.74) is 0. The normalized spacial score (nSPS) is 40.9. The van der Waals surface area contributed by atoms with E-state index in [4.69, 9.17) is 4.74 Å². The Hall–Kier alpha value is -0.120. The van der Waals surface area contributed by atoms with Crippen LogP contribution in [-0.4, -0.2) is 36.5 Å². The van der Waals surface area contributed by atoms with Gasteiger partial charge < -0.3 is 15.2 Å². The van der Waals surface area contributed by atoms with E-state index in [2.05, 4.69) is 5.32 Å². The van der Waals surface area contributed by atoms with Gasteiger partial charge in [-0.25, -0.2) is 0 Å². The SMILES string of the molecule is COC1CCCC(NC2CCC(O)CC2)C1. The zero-order chi connectivity index (χ0) is 11.4. The minimum Gasteiger partial charge on any atom is -0.393 e. The first-order valence-electron chi connectivity index (χ1n) is 6.75. The predicted octanol–water partition coefficient (Wildman–Crippen LogP) is 1.84. The molecule has 0 aromatic heterocycles. The number of ether oxygens (including phenoxy) is 1. The summed E-state index contributed by atoms with van der Waals surface area (Å²) in [6, 6.07) is 1.27. The summed E-state index contributed by atoms with van der Waals surface area (Å²) in [7, 11) is 1.82. The smallest absolute Gasteiger partial charge is 0.0586 e. The van der Waals surface area contributed by atoms with Crippen molar-refractivity contribution in [3.8, 4) is 0 Å². The van der Waals surface area contributed by atoms with Crippen molar-refractivity contribution in [2.75, 3.05) is 7.11 Å². The first-order chi connectivity index (χ1) is 7.78. The number of aliphatic hydroxyl groups excluding tert-OH is 1. The highest BCUT2D eigenvalue weighted by molar-refractivity contribution is 4.84. The molecule has 16 heavy (non-hydrogen) atoms. The Morgan fingerprint density at radius 3 is 2.44 bits per heavy atom. The summed E-state index contributed by atoms with van der Waals surface area (Å²) < 4.78 is 5.45. The molecule has 2 fully saturated rings. The molecule has 0 aromatic rings. The van der Waals surface area contributed by atoms with E-state index < -0.39 is 0 Å². The lowest BCUT2D eigenvalue weighted by Gasteiger charge is -2.34.